The molecule has 2 rings (SSSR count). The molecular formula is C19H18F3NO3. The second-order valence-corrected chi connectivity index (χ2v) is 5.85. The summed E-state index contributed by atoms with van der Waals surface area (Å²) >= 11 is 0. The van der Waals surface area contributed by atoms with Crippen molar-refractivity contribution in [1.82, 2.24) is 0 Å². The van der Waals surface area contributed by atoms with Gasteiger partial charge in [-0.2, -0.15) is 13.2 Å². The predicted molar refractivity (Wildman–Crippen MR) is 90.7 cm³/mol. The first kappa shape index (κ1) is 19.5. The fourth-order valence-corrected chi connectivity index (χ4v) is 2.30. The van der Waals surface area contributed by atoms with Gasteiger partial charge in [-0.15, -0.1) is 0 Å². The Hall–Kier alpha value is -2.83. The summed E-state index contributed by atoms with van der Waals surface area (Å²) in [5.41, 5.74) is 1.51. The van der Waals surface area contributed by atoms with Gasteiger partial charge in [-0.25, -0.2) is 0 Å². The zero-order chi connectivity index (χ0) is 19.3. The summed E-state index contributed by atoms with van der Waals surface area (Å²) in [7, 11) is 0. The van der Waals surface area contributed by atoms with Crippen molar-refractivity contribution in [3.05, 3.63) is 64.7 Å². The molecule has 0 aliphatic rings. The van der Waals surface area contributed by atoms with Gasteiger partial charge in [-0.1, -0.05) is 30.3 Å². The van der Waals surface area contributed by atoms with Crippen LogP contribution in [0, 0.1) is 13.8 Å². The van der Waals surface area contributed by atoms with E-state index in [1.165, 1.54) is 12.1 Å². The minimum Gasteiger partial charge on any atom is -0.455 e. The van der Waals surface area contributed by atoms with Crippen LogP contribution in [0.5, 0.6) is 0 Å². The first-order valence-corrected chi connectivity index (χ1v) is 7.84. The minimum atomic E-state index is -4.59. The van der Waals surface area contributed by atoms with Crippen LogP contribution in [0.2, 0.25) is 0 Å². The molecule has 0 radical (unpaired) electrons. The SMILES string of the molecule is Cc1ccc(CC(=O)OCC(=O)Nc2ccccc2C(F)(F)F)cc1C. The van der Waals surface area contributed by atoms with Crippen molar-refractivity contribution in [2.75, 3.05) is 11.9 Å². The van der Waals surface area contributed by atoms with Crippen LogP contribution in [0.3, 0.4) is 0 Å². The normalized spacial score (nSPS) is 11.1. The summed E-state index contributed by atoms with van der Waals surface area (Å²) in [6.07, 6.45) is -4.61. The summed E-state index contributed by atoms with van der Waals surface area (Å²) in [4.78, 5) is 23.6. The Bertz CT molecular complexity index is 816. The highest BCUT2D eigenvalue weighted by Gasteiger charge is 2.33. The molecule has 0 aliphatic carbocycles. The van der Waals surface area contributed by atoms with E-state index in [-0.39, 0.29) is 12.1 Å². The Morgan fingerprint density at radius 1 is 1.04 bits per heavy atom. The van der Waals surface area contributed by atoms with Crippen molar-refractivity contribution in [3.63, 3.8) is 0 Å². The molecule has 0 saturated heterocycles. The summed E-state index contributed by atoms with van der Waals surface area (Å²) in [5, 5.41) is 2.12. The maximum Gasteiger partial charge on any atom is 0.418 e. The monoisotopic (exact) mass is 365 g/mol. The van der Waals surface area contributed by atoms with Crippen molar-refractivity contribution < 1.29 is 27.5 Å². The maximum atomic E-state index is 12.9. The number of rotatable bonds is 5. The van der Waals surface area contributed by atoms with Crippen LogP contribution >= 0.6 is 0 Å². The van der Waals surface area contributed by atoms with Gasteiger partial charge in [0, 0.05) is 0 Å². The third kappa shape index (κ3) is 5.34. The first-order chi connectivity index (χ1) is 12.2. The lowest BCUT2D eigenvalue weighted by Gasteiger charge is -2.13. The van der Waals surface area contributed by atoms with Gasteiger partial charge in [-0.05, 0) is 42.7 Å². The van der Waals surface area contributed by atoms with Gasteiger partial charge in [0.05, 0.1) is 17.7 Å². The van der Waals surface area contributed by atoms with E-state index < -0.39 is 30.2 Å². The molecule has 138 valence electrons. The number of hydrogen-bond acceptors (Lipinski definition) is 3. The van der Waals surface area contributed by atoms with Crippen LogP contribution in [0.4, 0.5) is 18.9 Å². The molecule has 7 heteroatoms. The zero-order valence-electron chi connectivity index (χ0n) is 14.3. The van der Waals surface area contributed by atoms with E-state index in [1.54, 1.807) is 6.07 Å². The predicted octanol–water partition coefficient (Wildman–Crippen LogP) is 4.05. The molecule has 0 heterocycles. The van der Waals surface area contributed by atoms with Crippen molar-refractivity contribution in [1.29, 1.82) is 0 Å². The van der Waals surface area contributed by atoms with E-state index in [1.807, 2.05) is 26.0 Å². The number of nitrogens with one attached hydrogen (secondary N) is 1. The number of anilines is 1. The number of hydrogen-bond donors (Lipinski definition) is 1. The van der Waals surface area contributed by atoms with E-state index in [4.69, 9.17) is 4.74 Å². The summed E-state index contributed by atoms with van der Waals surface area (Å²) in [6.45, 7) is 3.20. The third-order valence-corrected chi connectivity index (χ3v) is 3.79. The molecule has 2 aromatic carbocycles. The third-order valence-electron chi connectivity index (χ3n) is 3.79. The quantitative estimate of drug-likeness (QED) is 0.814. The van der Waals surface area contributed by atoms with Crippen molar-refractivity contribution in [3.8, 4) is 0 Å². The number of esters is 1. The number of para-hydroxylation sites is 1. The Kier molecular flexibility index (Phi) is 6.02. The van der Waals surface area contributed by atoms with E-state index in [2.05, 4.69) is 5.32 Å². The second kappa shape index (κ2) is 8.03. The summed E-state index contributed by atoms with van der Waals surface area (Å²) < 4.78 is 43.5. The number of benzene rings is 2. The number of ether oxygens (including phenoxy) is 1. The molecule has 0 aromatic heterocycles. The van der Waals surface area contributed by atoms with Crippen LogP contribution in [0.1, 0.15) is 22.3 Å². The lowest BCUT2D eigenvalue weighted by atomic mass is 10.0. The molecule has 1 amide bonds. The van der Waals surface area contributed by atoms with Gasteiger partial charge in [0.15, 0.2) is 6.61 Å². The zero-order valence-corrected chi connectivity index (χ0v) is 14.3. The molecule has 0 aliphatic heterocycles. The number of carbonyl (C=O) groups excluding carboxylic acids is 2. The molecule has 4 nitrogen and oxygen atoms in total. The fraction of sp³-hybridized carbons (Fsp3) is 0.263. The Morgan fingerprint density at radius 3 is 2.38 bits per heavy atom. The number of carbonyl (C=O) groups is 2. The van der Waals surface area contributed by atoms with E-state index >= 15 is 0 Å². The molecule has 0 unspecified atom stereocenters. The first-order valence-electron chi connectivity index (χ1n) is 7.84. The minimum absolute atomic E-state index is 0.0203. The lowest BCUT2D eigenvalue weighted by molar-refractivity contribution is -0.146. The largest absolute Gasteiger partial charge is 0.455 e. The van der Waals surface area contributed by atoms with Gasteiger partial charge < -0.3 is 10.1 Å². The topological polar surface area (TPSA) is 55.4 Å². The van der Waals surface area contributed by atoms with Gasteiger partial charge >= 0.3 is 12.1 Å². The Labute approximate surface area is 149 Å². The van der Waals surface area contributed by atoms with Crippen LogP contribution in [-0.4, -0.2) is 18.5 Å². The lowest BCUT2D eigenvalue weighted by Crippen LogP contribution is -2.23. The van der Waals surface area contributed by atoms with E-state index in [0.717, 1.165) is 28.8 Å². The highest BCUT2D eigenvalue weighted by molar-refractivity contribution is 5.93. The van der Waals surface area contributed by atoms with Gasteiger partial charge in [0.1, 0.15) is 0 Å². The standard InChI is InChI=1S/C19H18F3NO3/c1-12-7-8-14(9-13(12)2)10-18(25)26-11-17(24)23-16-6-4-3-5-15(16)19(20,21)22/h3-9H,10-11H2,1-2H3,(H,23,24). The van der Waals surface area contributed by atoms with Crippen LogP contribution < -0.4 is 5.32 Å². The summed E-state index contributed by atoms with van der Waals surface area (Å²) in [5.74, 6) is -1.47. The Balaban J connectivity index is 1.91. The highest BCUT2D eigenvalue weighted by Crippen LogP contribution is 2.34. The average Bonchev–Trinajstić information content (AvgIpc) is 2.56. The molecule has 2 aromatic rings. The summed E-state index contributed by atoms with van der Waals surface area (Å²) in [6, 6.07) is 10.1. The van der Waals surface area contributed by atoms with Crippen LogP contribution in [0.15, 0.2) is 42.5 Å². The number of aryl methyl sites for hydroxylation is 2. The molecule has 0 atom stereocenters. The van der Waals surface area contributed by atoms with Crippen LogP contribution in [0.25, 0.3) is 0 Å². The van der Waals surface area contributed by atoms with E-state index in [0.29, 0.717) is 0 Å². The van der Waals surface area contributed by atoms with Crippen LogP contribution in [-0.2, 0) is 26.9 Å². The van der Waals surface area contributed by atoms with Gasteiger partial charge in [0.25, 0.3) is 5.91 Å². The second-order valence-electron chi connectivity index (χ2n) is 5.85. The number of amides is 1. The van der Waals surface area contributed by atoms with Crippen molar-refractivity contribution in [2.45, 2.75) is 26.4 Å². The van der Waals surface area contributed by atoms with Crippen molar-refractivity contribution >= 4 is 17.6 Å². The average molecular weight is 365 g/mol. The van der Waals surface area contributed by atoms with Gasteiger partial charge in [0.2, 0.25) is 0 Å². The Morgan fingerprint density at radius 2 is 1.73 bits per heavy atom. The molecule has 0 spiro atoms. The number of alkyl halides is 3. The highest BCUT2D eigenvalue weighted by atomic mass is 19.4. The molecule has 0 bridgehead atoms. The van der Waals surface area contributed by atoms with Gasteiger partial charge in [-0.3, -0.25) is 9.59 Å². The molecular weight excluding hydrogens is 347 g/mol. The fourth-order valence-electron chi connectivity index (χ4n) is 2.30. The van der Waals surface area contributed by atoms with E-state index in [9.17, 15) is 22.8 Å². The maximum absolute atomic E-state index is 12.9. The molecule has 0 fully saturated rings. The molecule has 0 saturated carbocycles. The van der Waals surface area contributed by atoms with Crippen molar-refractivity contribution in [2.24, 2.45) is 0 Å². The smallest absolute Gasteiger partial charge is 0.418 e. The number of halogens is 3. The molecule has 1 N–H and O–H groups in total. The molecule has 26 heavy (non-hydrogen) atoms.